The highest BCUT2D eigenvalue weighted by Gasteiger charge is 2.61. The van der Waals surface area contributed by atoms with Gasteiger partial charge in [-0.05, 0) is 69.6 Å². The molecule has 0 heterocycles. The number of aliphatic hydroxyl groups excluding tert-OH is 2. The first-order valence-corrected chi connectivity index (χ1v) is 8.79. The van der Waals surface area contributed by atoms with Gasteiger partial charge < -0.3 is 10.2 Å². The van der Waals surface area contributed by atoms with E-state index in [9.17, 15) is 10.2 Å². The minimum Gasteiger partial charge on any atom is -0.388 e. The number of hydrogen-bond donors (Lipinski definition) is 2. The number of hydrogen-bond acceptors (Lipinski definition) is 2. The molecule has 0 aromatic heterocycles. The van der Waals surface area contributed by atoms with Gasteiger partial charge in [-0.25, -0.2) is 0 Å². The van der Waals surface area contributed by atoms with E-state index in [2.05, 4.69) is 39.8 Å². The smallest absolute Gasteiger partial charge is 0.0830 e. The summed E-state index contributed by atoms with van der Waals surface area (Å²) in [6.07, 6.45) is 1.43. The molecule has 0 aliphatic heterocycles. The number of benzene rings is 1. The van der Waals surface area contributed by atoms with Crippen LogP contribution in [0.3, 0.4) is 0 Å². The molecule has 2 nitrogen and oxygen atoms in total. The maximum atomic E-state index is 11.0. The summed E-state index contributed by atoms with van der Waals surface area (Å²) in [5.41, 5.74) is 5.24. The topological polar surface area (TPSA) is 40.5 Å². The largest absolute Gasteiger partial charge is 0.388 e. The monoisotopic (exact) mass is 298 g/mol. The fourth-order valence-electron chi connectivity index (χ4n) is 6.39. The zero-order chi connectivity index (χ0) is 15.6. The van der Waals surface area contributed by atoms with Crippen molar-refractivity contribution in [2.75, 3.05) is 0 Å². The summed E-state index contributed by atoms with van der Waals surface area (Å²) in [4.78, 5) is 0. The molecule has 2 heteroatoms. The van der Waals surface area contributed by atoms with Gasteiger partial charge in [0.15, 0.2) is 0 Å². The Morgan fingerprint density at radius 3 is 1.45 bits per heavy atom. The quantitative estimate of drug-likeness (QED) is 0.759. The molecule has 4 bridgehead atoms. The first-order valence-electron chi connectivity index (χ1n) is 8.79. The van der Waals surface area contributed by atoms with Crippen molar-refractivity contribution < 1.29 is 10.2 Å². The van der Waals surface area contributed by atoms with Gasteiger partial charge in [0, 0.05) is 0 Å². The molecule has 6 aliphatic carbocycles. The zero-order valence-electron chi connectivity index (χ0n) is 13.9. The Labute approximate surface area is 132 Å². The molecule has 1 aromatic carbocycles. The summed E-state index contributed by atoms with van der Waals surface area (Å²) < 4.78 is 0. The summed E-state index contributed by atoms with van der Waals surface area (Å²) in [6.45, 7) is 9.14. The van der Waals surface area contributed by atoms with Crippen LogP contribution in [-0.4, -0.2) is 10.2 Å². The van der Waals surface area contributed by atoms with Crippen LogP contribution in [0, 0.1) is 22.7 Å². The van der Waals surface area contributed by atoms with Crippen molar-refractivity contribution in [1.82, 2.24) is 0 Å². The molecule has 2 N–H and O–H groups in total. The normalized spacial score (nSPS) is 45.2. The van der Waals surface area contributed by atoms with E-state index in [0.717, 1.165) is 24.0 Å². The van der Waals surface area contributed by atoms with E-state index in [-0.39, 0.29) is 23.0 Å². The lowest BCUT2D eigenvalue weighted by molar-refractivity contribution is -0.0977. The lowest BCUT2D eigenvalue weighted by Crippen LogP contribution is -2.54. The predicted octanol–water partition coefficient (Wildman–Crippen LogP) is 4.04. The Hall–Kier alpha value is -0.860. The molecule has 0 unspecified atom stereocenters. The molecule has 6 atom stereocenters. The van der Waals surface area contributed by atoms with Gasteiger partial charge in [0.1, 0.15) is 0 Å². The van der Waals surface area contributed by atoms with Crippen LogP contribution < -0.4 is 0 Å². The fourth-order valence-corrected chi connectivity index (χ4v) is 6.39. The predicted molar refractivity (Wildman–Crippen MR) is 85.6 cm³/mol. The van der Waals surface area contributed by atoms with Gasteiger partial charge in [-0.3, -0.25) is 0 Å². The molecule has 22 heavy (non-hydrogen) atoms. The van der Waals surface area contributed by atoms with Crippen molar-refractivity contribution >= 4 is 0 Å². The fraction of sp³-hybridized carbons (Fsp3) is 0.700. The highest BCUT2D eigenvalue weighted by Crippen LogP contribution is 2.71. The van der Waals surface area contributed by atoms with E-state index in [0.29, 0.717) is 23.7 Å². The van der Waals surface area contributed by atoms with Crippen LogP contribution in [0.2, 0.25) is 0 Å². The van der Waals surface area contributed by atoms with Crippen LogP contribution in [0.25, 0.3) is 0 Å². The minimum absolute atomic E-state index is 0.197. The van der Waals surface area contributed by atoms with Crippen LogP contribution in [0.15, 0.2) is 12.1 Å². The maximum absolute atomic E-state index is 11.0. The summed E-state index contributed by atoms with van der Waals surface area (Å²) in [7, 11) is 0. The van der Waals surface area contributed by atoms with E-state index < -0.39 is 0 Å². The maximum Gasteiger partial charge on any atom is 0.0830 e. The van der Waals surface area contributed by atoms with Gasteiger partial charge in [-0.2, -0.15) is 0 Å². The molecule has 2 fully saturated rings. The molecule has 0 spiro atoms. The molecule has 0 saturated heterocycles. The Balaban J connectivity index is 1.74. The minimum atomic E-state index is -0.389. The standard InChI is InChI=1S/C20H26O2/c1-19(2)11-7-13(19)17(21)15-9(11)5-6-10-12-8-14(20(12,3)4)18(22)16(10)15/h5-6,11-14,17-18,21-22H,7-8H2,1-4H3/t11-,12-,13+,14+,17+,18+/m1/s1. The second-order valence-corrected chi connectivity index (χ2v) is 9.39. The van der Waals surface area contributed by atoms with Gasteiger partial charge in [0.25, 0.3) is 0 Å². The van der Waals surface area contributed by atoms with Crippen molar-refractivity contribution in [2.45, 2.75) is 64.6 Å². The van der Waals surface area contributed by atoms with Gasteiger partial charge in [0.05, 0.1) is 12.2 Å². The van der Waals surface area contributed by atoms with Crippen LogP contribution in [0.5, 0.6) is 0 Å². The SMILES string of the molecule is CC1(C)[C@@H]2C[C@H]1[C@H](O)c1c2ccc2c1[C@@H](O)[C@@H]1C[C@H]2C1(C)C. The second kappa shape index (κ2) is 3.62. The summed E-state index contributed by atoms with van der Waals surface area (Å²) >= 11 is 0. The van der Waals surface area contributed by atoms with E-state index in [1.807, 2.05) is 0 Å². The first kappa shape index (κ1) is 13.6. The van der Waals surface area contributed by atoms with Gasteiger partial charge >= 0.3 is 0 Å². The van der Waals surface area contributed by atoms with Crippen LogP contribution in [0.1, 0.15) is 86.8 Å². The van der Waals surface area contributed by atoms with Crippen molar-refractivity contribution in [2.24, 2.45) is 22.7 Å². The molecule has 118 valence electrons. The Morgan fingerprint density at radius 1 is 0.773 bits per heavy atom. The lowest BCUT2D eigenvalue weighted by atomic mass is 9.42. The third-order valence-corrected chi connectivity index (χ3v) is 8.15. The molecule has 0 amide bonds. The lowest BCUT2D eigenvalue weighted by Gasteiger charge is -2.63. The molecule has 1 aromatic rings. The Morgan fingerprint density at radius 2 is 1.14 bits per heavy atom. The zero-order valence-corrected chi connectivity index (χ0v) is 13.9. The molecule has 0 radical (unpaired) electrons. The van der Waals surface area contributed by atoms with Crippen molar-refractivity contribution in [3.8, 4) is 0 Å². The highest BCUT2D eigenvalue weighted by atomic mass is 16.3. The van der Waals surface area contributed by atoms with E-state index in [1.165, 1.54) is 11.1 Å². The summed E-state index contributed by atoms with van der Waals surface area (Å²) in [5, 5.41) is 22.0. The van der Waals surface area contributed by atoms with Gasteiger partial charge in [0.2, 0.25) is 0 Å². The van der Waals surface area contributed by atoms with Crippen molar-refractivity contribution in [1.29, 1.82) is 0 Å². The van der Waals surface area contributed by atoms with E-state index in [1.54, 1.807) is 0 Å². The van der Waals surface area contributed by atoms with Gasteiger partial charge in [-0.15, -0.1) is 0 Å². The van der Waals surface area contributed by atoms with Crippen LogP contribution >= 0.6 is 0 Å². The van der Waals surface area contributed by atoms with Crippen LogP contribution in [-0.2, 0) is 0 Å². The van der Waals surface area contributed by atoms with Crippen molar-refractivity contribution in [3.05, 3.63) is 34.4 Å². The first-order chi connectivity index (χ1) is 10.3. The average Bonchev–Trinajstić information content (AvgIpc) is 2.45. The Bertz CT molecular complexity index is 628. The number of aliphatic hydroxyl groups is 2. The third kappa shape index (κ3) is 1.21. The number of rotatable bonds is 0. The van der Waals surface area contributed by atoms with Crippen molar-refractivity contribution in [3.63, 3.8) is 0 Å². The second-order valence-electron chi connectivity index (χ2n) is 9.39. The third-order valence-electron chi connectivity index (χ3n) is 8.15. The molecular formula is C20H26O2. The van der Waals surface area contributed by atoms with Gasteiger partial charge in [-0.1, -0.05) is 39.8 Å². The Kier molecular flexibility index (Phi) is 2.23. The molecule has 2 saturated carbocycles. The van der Waals surface area contributed by atoms with E-state index >= 15 is 0 Å². The molecule has 7 rings (SSSR count). The highest BCUT2D eigenvalue weighted by molar-refractivity contribution is 5.55. The molecule has 6 aliphatic rings. The molecular weight excluding hydrogens is 272 g/mol. The van der Waals surface area contributed by atoms with E-state index in [4.69, 9.17) is 0 Å². The average molecular weight is 298 g/mol. The summed E-state index contributed by atoms with van der Waals surface area (Å²) in [6, 6.07) is 4.53. The van der Waals surface area contributed by atoms with Crippen LogP contribution in [0.4, 0.5) is 0 Å². The summed E-state index contributed by atoms with van der Waals surface area (Å²) in [5.74, 6) is 1.82.